The molecule has 1 atom stereocenters. The highest BCUT2D eigenvalue weighted by Gasteiger charge is 2.33. The lowest BCUT2D eigenvalue weighted by molar-refractivity contribution is -0.146. The Kier molecular flexibility index (Phi) is 3.64. The Morgan fingerprint density at radius 1 is 1.35 bits per heavy atom. The van der Waals surface area contributed by atoms with Crippen LogP contribution in [0, 0.1) is 0 Å². The van der Waals surface area contributed by atoms with Gasteiger partial charge >= 0.3 is 0 Å². The Hall–Kier alpha value is -1.54. The molecule has 0 spiro atoms. The zero-order valence-corrected chi connectivity index (χ0v) is 10.3. The van der Waals surface area contributed by atoms with Crippen LogP contribution in [0.25, 0.3) is 6.08 Å². The third-order valence-electron chi connectivity index (χ3n) is 2.94. The van der Waals surface area contributed by atoms with E-state index >= 15 is 0 Å². The minimum absolute atomic E-state index is 0.610. The standard InChI is InChI=1S/C15H18O2/c1-3-14-10-12-15(16-2,17-14)11-9-13-7-5-4-6-8-13/h4-11H,3,12H2,1-2H3/b11-9+. The molecule has 0 radical (unpaired) electrons. The van der Waals surface area contributed by atoms with E-state index < -0.39 is 5.79 Å². The summed E-state index contributed by atoms with van der Waals surface area (Å²) in [4.78, 5) is 0. The smallest absolute Gasteiger partial charge is 0.233 e. The number of rotatable bonds is 4. The van der Waals surface area contributed by atoms with Gasteiger partial charge in [0.2, 0.25) is 5.79 Å². The lowest BCUT2D eigenvalue weighted by Gasteiger charge is -2.24. The Bertz CT molecular complexity index is 420. The van der Waals surface area contributed by atoms with E-state index in [0.29, 0.717) is 0 Å². The molecule has 1 heterocycles. The Balaban J connectivity index is 2.09. The van der Waals surface area contributed by atoms with Crippen molar-refractivity contribution in [3.8, 4) is 0 Å². The minimum Gasteiger partial charge on any atom is -0.463 e. The first-order valence-electron chi connectivity index (χ1n) is 5.95. The fourth-order valence-corrected chi connectivity index (χ4v) is 1.86. The monoisotopic (exact) mass is 230 g/mol. The van der Waals surface area contributed by atoms with Gasteiger partial charge in [-0.25, -0.2) is 0 Å². The molecule has 1 unspecified atom stereocenters. The molecule has 0 aliphatic carbocycles. The number of methoxy groups -OCH3 is 1. The summed E-state index contributed by atoms with van der Waals surface area (Å²) >= 11 is 0. The number of hydrogen-bond donors (Lipinski definition) is 0. The average Bonchev–Trinajstić information content (AvgIpc) is 2.82. The first-order chi connectivity index (χ1) is 8.28. The second-order valence-electron chi connectivity index (χ2n) is 4.09. The highest BCUT2D eigenvalue weighted by atomic mass is 16.7. The summed E-state index contributed by atoms with van der Waals surface area (Å²) in [6, 6.07) is 10.2. The van der Waals surface area contributed by atoms with E-state index in [4.69, 9.17) is 9.47 Å². The van der Waals surface area contributed by atoms with Crippen LogP contribution in [0.3, 0.4) is 0 Å². The summed E-state index contributed by atoms with van der Waals surface area (Å²) in [7, 11) is 1.68. The summed E-state index contributed by atoms with van der Waals surface area (Å²) in [6.07, 6.45) is 7.80. The van der Waals surface area contributed by atoms with Crippen molar-refractivity contribution in [1.82, 2.24) is 0 Å². The van der Waals surface area contributed by atoms with Gasteiger partial charge in [-0.2, -0.15) is 0 Å². The highest BCUT2D eigenvalue weighted by Crippen LogP contribution is 2.32. The number of hydrogen-bond acceptors (Lipinski definition) is 2. The molecule has 0 N–H and O–H groups in total. The maximum Gasteiger partial charge on any atom is 0.233 e. The maximum atomic E-state index is 5.82. The van der Waals surface area contributed by atoms with Crippen LogP contribution >= 0.6 is 0 Å². The van der Waals surface area contributed by atoms with Crippen molar-refractivity contribution in [3.05, 3.63) is 53.8 Å². The lowest BCUT2D eigenvalue weighted by atomic mass is 10.1. The van der Waals surface area contributed by atoms with Crippen molar-refractivity contribution >= 4 is 6.08 Å². The van der Waals surface area contributed by atoms with Crippen molar-refractivity contribution in [3.63, 3.8) is 0 Å². The second-order valence-corrected chi connectivity index (χ2v) is 4.09. The summed E-state index contributed by atoms with van der Waals surface area (Å²) in [5, 5.41) is 0. The summed E-state index contributed by atoms with van der Waals surface area (Å²) < 4.78 is 11.3. The van der Waals surface area contributed by atoms with Gasteiger partial charge in [0.1, 0.15) is 0 Å². The molecule has 0 fully saturated rings. The van der Waals surface area contributed by atoms with Gasteiger partial charge in [-0.15, -0.1) is 0 Å². The van der Waals surface area contributed by atoms with Crippen molar-refractivity contribution in [2.75, 3.05) is 7.11 Å². The van der Waals surface area contributed by atoms with Crippen LogP contribution in [-0.4, -0.2) is 12.9 Å². The number of benzene rings is 1. The first kappa shape index (κ1) is 11.9. The van der Waals surface area contributed by atoms with Crippen LogP contribution in [0.5, 0.6) is 0 Å². The number of ether oxygens (including phenoxy) is 2. The molecule has 1 aromatic rings. The Morgan fingerprint density at radius 2 is 2.12 bits per heavy atom. The summed E-state index contributed by atoms with van der Waals surface area (Å²) in [6.45, 7) is 2.08. The van der Waals surface area contributed by atoms with E-state index in [-0.39, 0.29) is 0 Å². The van der Waals surface area contributed by atoms with E-state index in [2.05, 4.69) is 25.1 Å². The fraction of sp³-hybridized carbons (Fsp3) is 0.333. The molecule has 2 heteroatoms. The van der Waals surface area contributed by atoms with E-state index in [9.17, 15) is 0 Å². The third kappa shape index (κ3) is 2.77. The van der Waals surface area contributed by atoms with Crippen LogP contribution in [0.2, 0.25) is 0 Å². The molecule has 2 nitrogen and oxygen atoms in total. The molecular formula is C15H18O2. The minimum atomic E-state index is -0.610. The highest BCUT2D eigenvalue weighted by molar-refractivity contribution is 5.50. The average molecular weight is 230 g/mol. The van der Waals surface area contributed by atoms with Crippen molar-refractivity contribution in [2.24, 2.45) is 0 Å². The third-order valence-corrected chi connectivity index (χ3v) is 2.94. The molecule has 1 aliphatic heterocycles. The van der Waals surface area contributed by atoms with Crippen LogP contribution < -0.4 is 0 Å². The summed E-state index contributed by atoms with van der Waals surface area (Å²) in [5.41, 5.74) is 1.15. The number of allylic oxidation sites excluding steroid dienone is 1. The normalized spacial score (nSPS) is 23.8. The van der Waals surface area contributed by atoms with E-state index in [1.807, 2.05) is 30.4 Å². The summed E-state index contributed by atoms with van der Waals surface area (Å²) in [5.74, 6) is 0.394. The fourth-order valence-electron chi connectivity index (χ4n) is 1.86. The molecule has 90 valence electrons. The largest absolute Gasteiger partial charge is 0.463 e. The maximum absolute atomic E-state index is 5.82. The zero-order valence-electron chi connectivity index (χ0n) is 10.3. The van der Waals surface area contributed by atoms with E-state index in [1.165, 1.54) is 0 Å². The molecule has 17 heavy (non-hydrogen) atoms. The second kappa shape index (κ2) is 5.19. The van der Waals surface area contributed by atoms with E-state index in [0.717, 1.165) is 24.2 Å². The molecule has 1 aliphatic rings. The van der Waals surface area contributed by atoms with Crippen LogP contribution in [-0.2, 0) is 9.47 Å². The van der Waals surface area contributed by atoms with Gasteiger partial charge in [0.15, 0.2) is 0 Å². The van der Waals surface area contributed by atoms with Gasteiger partial charge in [-0.1, -0.05) is 43.3 Å². The Morgan fingerprint density at radius 3 is 2.71 bits per heavy atom. The van der Waals surface area contributed by atoms with Gasteiger partial charge in [0, 0.05) is 20.0 Å². The SMILES string of the molecule is CCC1=CCC(/C=C/c2ccccc2)(OC)O1. The van der Waals surface area contributed by atoms with Gasteiger partial charge in [0.25, 0.3) is 0 Å². The van der Waals surface area contributed by atoms with Crippen LogP contribution in [0.1, 0.15) is 25.3 Å². The predicted molar refractivity (Wildman–Crippen MR) is 69.3 cm³/mol. The first-order valence-corrected chi connectivity index (χ1v) is 5.95. The molecule has 1 aromatic carbocycles. The topological polar surface area (TPSA) is 18.5 Å². The zero-order chi connectivity index (χ0) is 12.1. The van der Waals surface area contributed by atoms with E-state index in [1.54, 1.807) is 7.11 Å². The van der Waals surface area contributed by atoms with Crippen molar-refractivity contribution < 1.29 is 9.47 Å². The molecule has 0 bridgehead atoms. The van der Waals surface area contributed by atoms with Gasteiger partial charge in [-0.3, -0.25) is 0 Å². The molecule has 2 rings (SSSR count). The molecular weight excluding hydrogens is 212 g/mol. The van der Waals surface area contributed by atoms with Gasteiger partial charge in [0.05, 0.1) is 5.76 Å². The van der Waals surface area contributed by atoms with Crippen LogP contribution in [0.15, 0.2) is 48.2 Å². The molecule has 0 saturated heterocycles. The lowest BCUT2D eigenvalue weighted by Crippen LogP contribution is -2.27. The Labute approximate surface area is 103 Å². The molecule has 0 saturated carbocycles. The molecule has 0 amide bonds. The van der Waals surface area contributed by atoms with Gasteiger partial charge in [-0.05, 0) is 17.7 Å². The van der Waals surface area contributed by atoms with Crippen molar-refractivity contribution in [1.29, 1.82) is 0 Å². The molecule has 0 aromatic heterocycles. The van der Waals surface area contributed by atoms with Gasteiger partial charge < -0.3 is 9.47 Å². The van der Waals surface area contributed by atoms with Crippen LogP contribution in [0.4, 0.5) is 0 Å². The predicted octanol–water partition coefficient (Wildman–Crippen LogP) is 3.76. The van der Waals surface area contributed by atoms with Crippen molar-refractivity contribution in [2.45, 2.75) is 25.6 Å². The quantitative estimate of drug-likeness (QED) is 0.784.